The van der Waals surface area contributed by atoms with E-state index in [0.29, 0.717) is 0 Å². The molecule has 0 saturated heterocycles. The molecule has 9 heteroatoms. The van der Waals surface area contributed by atoms with Crippen LogP contribution in [0.1, 0.15) is 0 Å². The predicted octanol–water partition coefficient (Wildman–Crippen LogP) is -0.0482. The number of nitrogens with two attached hydrogens (primary N) is 1. The number of hydrogen-bond acceptors (Lipinski definition) is 5. The number of rotatable bonds is 3. The van der Waals surface area contributed by atoms with Gasteiger partial charge < -0.3 is 5.73 Å². The minimum absolute atomic E-state index is 0.252. The van der Waals surface area contributed by atoms with Crippen LogP contribution in [0.25, 0.3) is 0 Å². The number of carbonyl (C=O) groups excluding carboxylic acids is 1. The van der Waals surface area contributed by atoms with E-state index in [4.69, 9.17) is 0 Å². The molecule has 16 heavy (non-hydrogen) atoms. The second-order valence-electron chi connectivity index (χ2n) is 2.72. The summed E-state index contributed by atoms with van der Waals surface area (Å²) in [5.41, 5.74) is 4.40. The fourth-order valence-corrected chi connectivity index (χ4v) is 1.82. The molecule has 0 aliphatic heterocycles. The number of urea groups is 1. The summed E-state index contributed by atoms with van der Waals surface area (Å²) in [6.45, 7) is 0. The molecule has 8 nitrogen and oxygen atoms in total. The maximum absolute atomic E-state index is 11.3. The van der Waals surface area contributed by atoms with Gasteiger partial charge in [-0.15, -0.1) is 0 Å². The minimum Gasteiger partial charge on any atom is -0.351 e. The van der Waals surface area contributed by atoms with E-state index >= 15 is 0 Å². The van der Waals surface area contributed by atoms with Gasteiger partial charge in [0.2, 0.25) is 0 Å². The summed E-state index contributed by atoms with van der Waals surface area (Å²) in [6.07, 6.45) is 0. The van der Waals surface area contributed by atoms with E-state index < -0.39 is 21.0 Å². The Balaban J connectivity index is 3.07. The lowest BCUT2D eigenvalue weighted by Crippen LogP contribution is -2.34. The molecule has 0 heterocycles. The zero-order valence-electron chi connectivity index (χ0n) is 7.78. The molecule has 0 unspecified atom stereocenters. The van der Waals surface area contributed by atoms with Crippen molar-refractivity contribution in [3.63, 3.8) is 0 Å². The molecule has 0 saturated carbocycles. The molecule has 0 spiro atoms. The number of nitro benzene ring substituents is 1. The highest BCUT2D eigenvalue weighted by molar-refractivity contribution is 7.90. The number of nitrogens with one attached hydrogen (secondary N) is 1. The number of amides is 2. The lowest BCUT2D eigenvalue weighted by molar-refractivity contribution is -0.384. The first-order valence-electron chi connectivity index (χ1n) is 3.89. The third-order valence-electron chi connectivity index (χ3n) is 1.59. The Morgan fingerprint density at radius 1 is 1.31 bits per heavy atom. The highest BCUT2D eigenvalue weighted by Crippen LogP contribution is 2.15. The highest BCUT2D eigenvalue weighted by Gasteiger charge is 2.16. The highest BCUT2D eigenvalue weighted by atomic mass is 32.2. The largest absolute Gasteiger partial charge is 0.351 e. The van der Waals surface area contributed by atoms with Gasteiger partial charge in [-0.1, -0.05) is 0 Å². The molecule has 0 aliphatic carbocycles. The topological polar surface area (TPSA) is 132 Å². The molecule has 0 radical (unpaired) electrons. The second kappa shape index (κ2) is 4.14. The summed E-state index contributed by atoms with van der Waals surface area (Å²) in [6, 6.07) is 2.80. The lowest BCUT2D eigenvalue weighted by atomic mass is 10.3. The molecule has 86 valence electrons. The van der Waals surface area contributed by atoms with Gasteiger partial charge in [0.15, 0.2) is 0 Å². The van der Waals surface area contributed by atoms with Gasteiger partial charge in [0.05, 0.1) is 9.82 Å². The van der Waals surface area contributed by atoms with Crippen LogP contribution < -0.4 is 10.5 Å². The predicted molar refractivity (Wildman–Crippen MR) is 53.0 cm³/mol. The third-order valence-corrected chi connectivity index (χ3v) is 2.96. The van der Waals surface area contributed by atoms with Gasteiger partial charge in [0, 0.05) is 12.1 Å². The van der Waals surface area contributed by atoms with Crippen molar-refractivity contribution in [2.75, 3.05) is 0 Å². The van der Waals surface area contributed by atoms with Crippen molar-refractivity contribution >= 4 is 21.7 Å². The van der Waals surface area contributed by atoms with Crippen LogP contribution >= 0.6 is 0 Å². The summed E-state index contributed by atoms with van der Waals surface area (Å²) in [7, 11) is -4.05. The van der Waals surface area contributed by atoms with Crippen LogP contribution in [0.2, 0.25) is 0 Å². The first-order chi connectivity index (χ1) is 7.33. The van der Waals surface area contributed by atoms with Gasteiger partial charge in [-0.3, -0.25) is 10.1 Å². The Morgan fingerprint density at radius 3 is 2.19 bits per heavy atom. The Kier molecular flexibility index (Phi) is 3.09. The summed E-state index contributed by atoms with van der Waals surface area (Å²) < 4.78 is 24.2. The molecular weight excluding hydrogens is 238 g/mol. The zero-order chi connectivity index (χ0) is 12.3. The molecule has 0 atom stereocenters. The lowest BCUT2D eigenvalue weighted by Gasteiger charge is -2.03. The molecule has 1 aromatic carbocycles. The second-order valence-corrected chi connectivity index (χ2v) is 4.40. The van der Waals surface area contributed by atoms with Crippen molar-refractivity contribution < 1.29 is 18.1 Å². The molecular formula is C7H7N3O5S. The van der Waals surface area contributed by atoms with Crippen molar-refractivity contribution in [1.29, 1.82) is 0 Å². The number of primary amides is 1. The van der Waals surface area contributed by atoms with Crippen LogP contribution in [-0.4, -0.2) is 19.4 Å². The molecule has 0 fully saturated rings. The van der Waals surface area contributed by atoms with E-state index in [0.717, 1.165) is 24.3 Å². The summed E-state index contributed by atoms with van der Waals surface area (Å²) in [5.74, 6) is 0. The van der Waals surface area contributed by atoms with Gasteiger partial charge in [0.25, 0.3) is 15.7 Å². The monoisotopic (exact) mass is 245 g/mol. The Bertz CT molecular complexity index is 521. The number of hydrogen-bond donors (Lipinski definition) is 2. The van der Waals surface area contributed by atoms with Crippen molar-refractivity contribution in [2.45, 2.75) is 4.90 Å². The third kappa shape index (κ3) is 2.67. The average Bonchev–Trinajstić information content (AvgIpc) is 2.16. The van der Waals surface area contributed by atoms with Crippen LogP contribution in [-0.2, 0) is 10.0 Å². The van der Waals surface area contributed by atoms with Gasteiger partial charge in [-0.25, -0.2) is 17.9 Å². The summed E-state index contributed by atoms with van der Waals surface area (Å²) >= 11 is 0. The Morgan fingerprint density at radius 2 is 1.81 bits per heavy atom. The maximum Gasteiger partial charge on any atom is 0.326 e. The SMILES string of the molecule is NC(=O)NS(=O)(=O)c1ccc([N+](=O)[O-])cc1. The summed E-state index contributed by atoms with van der Waals surface area (Å²) in [5, 5.41) is 10.3. The first-order valence-corrected chi connectivity index (χ1v) is 5.38. The molecule has 1 aromatic rings. The van der Waals surface area contributed by atoms with Crippen LogP contribution in [0.3, 0.4) is 0 Å². The van der Waals surface area contributed by atoms with E-state index in [9.17, 15) is 23.3 Å². The first kappa shape index (κ1) is 11.9. The molecule has 0 aliphatic rings. The number of non-ortho nitro benzene ring substituents is 1. The average molecular weight is 245 g/mol. The van der Waals surface area contributed by atoms with Gasteiger partial charge >= 0.3 is 6.03 Å². The summed E-state index contributed by atoms with van der Waals surface area (Å²) in [4.78, 5) is 19.7. The number of nitro groups is 1. The Hall–Kier alpha value is -2.16. The van der Waals surface area contributed by atoms with Crippen molar-refractivity contribution in [1.82, 2.24) is 4.72 Å². The minimum atomic E-state index is -4.05. The fraction of sp³-hybridized carbons (Fsp3) is 0. The van der Waals surface area contributed by atoms with E-state index in [1.54, 1.807) is 0 Å². The quantitative estimate of drug-likeness (QED) is 0.569. The van der Waals surface area contributed by atoms with E-state index in [-0.39, 0.29) is 10.6 Å². The van der Waals surface area contributed by atoms with Gasteiger partial charge in [-0.2, -0.15) is 0 Å². The molecule has 1 rings (SSSR count). The smallest absolute Gasteiger partial charge is 0.326 e. The van der Waals surface area contributed by atoms with Crippen molar-refractivity contribution in [3.8, 4) is 0 Å². The van der Waals surface area contributed by atoms with Crippen molar-refractivity contribution in [2.24, 2.45) is 5.73 Å². The van der Waals surface area contributed by atoms with Crippen LogP contribution in [0, 0.1) is 10.1 Å². The molecule has 0 bridgehead atoms. The Labute approximate surface area is 90.3 Å². The number of benzene rings is 1. The number of carbonyl (C=O) groups is 1. The number of sulfonamides is 1. The van der Waals surface area contributed by atoms with Gasteiger partial charge in [-0.05, 0) is 12.1 Å². The van der Waals surface area contributed by atoms with E-state index in [2.05, 4.69) is 5.73 Å². The van der Waals surface area contributed by atoms with Crippen LogP contribution in [0.15, 0.2) is 29.2 Å². The van der Waals surface area contributed by atoms with E-state index in [1.807, 2.05) is 0 Å². The van der Waals surface area contributed by atoms with Crippen LogP contribution in [0.4, 0.5) is 10.5 Å². The molecule has 3 N–H and O–H groups in total. The van der Waals surface area contributed by atoms with E-state index in [1.165, 1.54) is 4.72 Å². The molecule has 2 amide bonds. The maximum atomic E-state index is 11.3. The number of nitrogens with zero attached hydrogens (tertiary/aromatic N) is 1. The standard InChI is InChI=1S/C7H7N3O5S/c8-7(11)9-16(14,15)6-3-1-5(2-4-6)10(12)13/h1-4H,(H3,8,9,11). The normalized spacial score (nSPS) is 10.8. The zero-order valence-corrected chi connectivity index (χ0v) is 8.60. The van der Waals surface area contributed by atoms with Gasteiger partial charge in [0.1, 0.15) is 0 Å². The van der Waals surface area contributed by atoms with Crippen molar-refractivity contribution in [3.05, 3.63) is 34.4 Å². The molecule has 0 aromatic heterocycles. The fourth-order valence-electron chi connectivity index (χ4n) is 0.938. The van der Waals surface area contributed by atoms with Crippen LogP contribution in [0.5, 0.6) is 0 Å².